The lowest BCUT2D eigenvalue weighted by Crippen LogP contribution is -2.39. The van der Waals surface area contributed by atoms with Gasteiger partial charge in [0.2, 0.25) is 0 Å². The Morgan fingerprint density at radius 1 is 1.18 bits per heavy atom. The van der Waals surface area contributed by atoms with Gasteiger partial charge in [0.25, 0.3) is 5.91 Å². The summed E-state index contributed by atoms with van der Waals surface area (Å²) in [5.41, 5.74) is 4.57. The van der Waals surface area contributed by atoms with Crippen molar-refractivity contribution in [1.82, 2.24) is 10.3 Å². The van der Waals surface area contributed by atoms with Crippen molar-refractivity contribution in [3.8, 4) is 11.5 Å². The van der Waals surface area contributed by atoms with Gasteiger partial charge in [-0.05, 0) is 42.0 Å². The van der Waals surface area contributed by atoms with Gasteiger partial charge in [-0.15, -0.1) is 0 Å². The van der Waals surface area contributed by atoms with Gasteiger partial charge in [0.05, 0.1) is 24.2 Å². The molecule has 3 heterocycles. The lowest BCUT2D eigenvalue weighted by atomic mass is 10.0. The second-order valence-electron chi connectivity index (χ2n) is 7.93. The monoisotopic (exact) mass is 443 g/mol. The quantitative estimate of drug-likeness (QED) is 0.528. The number of rotatable bonds is 6. The third-order valence-electron chi connectivity index (χ3n) is 5.76. The summed E-state index contributed by atoms with van der Waals surface area (Å²) in [6, 6.07) is 17.6. The number of carbonyl (C=O) groups is 1. The van der Waals surface area contributed by atoms with Crippen LogP contribution in [0.5, 0.6) is 11.5 Å². The number of amides is 1. The number of nitrogens with one attached hydrogen (secondary N) is 3. The van der Waals surface area contributed by atoms with Crippen LogP contribution in [0.25, 0.3) is 0 Å². The first-order valence-corrected chi connectivity index (χ1v) is 10.7. The van der Waals surface area contributed by atoms with E-state index in [1.165, 1.54) is 5.56 Å². The van der Waals surface area contributed by atoms with Crippen LogP contribution < -0.4 is 25.6 Å². The molecule has 8 nitrogen and oxygen atoms in total. The molecule has 3 aromatic rings. The number of nitrogens with zero attached hydrogens (tertiary/aromatic N) is 2. The van der Waals surface area contributed by atoms with Crippen molar-refractivity contribution in [3.63, 3.8) is 0 Å². The van der Waals surface area contributed by atoms with E-state index in [0.717, 1.165) is 17.1 Å². The molecular formula is C25H25N5O3. The molecule has 0 saturated carbocycles. The second-order valence-corrected chi connectivity index (χ2v) is 7.93. The zero-order valence-corrected chi connectivity index (χ0v) is 18.4. The van der Waals surface area contributed by atoms with Crippen molar-refractivity contribution in [1.29, 1.82) is 0 Å². The van der Waals surface area contributed by atoms with E-state index in [4.69, 9.17) is 9.47 Å². The zero-order chi connectivity index (χ0) is 22.8. The van der Waals surface area contributed by atoms with Crippen LogP contribution in [0.3, 0.4) is 0 Å². The molecule has 2 aromatic carbocycles. The lowest BCUT2D eigenvalue weighted by Gasteiger charge is -2.24. The molecule has 0 saturated heterocycles. The van der Waals surface area contributed by atoms with Gasteiger partial charge in [0.1, 0.15) is 17.2 Å². The van der Waals surface area contributed by atoms with Gasteiger partial charge in [0.15, 0.2) is 6.29 Å². The van der Waals surface area contributed by atoms with Gasteiger partial charge in [-0.1, -0.05) is 12.1 Å². The van der Waals surface area contributed by atoms with E-state index in [1.54, 1.807) is 31.6 Å². The predicted molar refractivity (Wildman–Crippen MR) is 128 cm³/mol. The first-order valence-electron chi connectivity index (χ1n) is 10.7. The molecule has 2 aliphatic heterocycles. The number of pyridine rings is 1. The van der Waals surface area contributed by atoms with E-state index < -0.39 is 0 Å². The molecule has 1 amide bonds. The average Bonchev–Trinajstić information content (AvgIpc) is 3.48. The molecule has 168 valence electrons. The Morgan fingerprint density at radius 3 is 2.88 bits per heavy atom. The molecular weight excluding hydrogens is 418 g/mol. The summed E-state index contributed by atoms with van der Waals surface area (Å²) in [6.07, 6.45) is 5.29. The maximum absolute atomic E-state index is 11.8. The van der Waals surface area contributed by atoms with Crippen LogP contribution in [0.1, 0.15) is 22.0 Å². The molecule has 2 aliphatic rings. The Kier molecular flexibility index (Phi) is 5.48. The van der Waals surface area contributed by atoms with Gasteiger partial charge in [-0.2, -0.15) is 0 Å². The number of aromatic nitrogens is 1. The summed E-state index contributed by atoms with van der Waals surface area (Å²) in [4.78, 5) is 18.0. The van der Waals surface area contributed by atoms with Crippen molar-refractivity contribution in [2.45, 2.75) is 12.2 Å². The van der Waals surface area contributed by atoms with Crippen molar-refractivity contribution < 1.29 is 14.3 Å². The van der Waals surface area contributed by atoms with Gasteiger partial charge in [-0.25, -0.2) is 0 Å². The number of anilines is 3. The van der Waals surface area contributed by atoms with Crippen LogP contribution in [0.4, 0.5) is 17.1 Å². The molecule has 3 N–H and O–H groups in total. The third-order valence-corrected chi connectivity index (χ3v) is 5.76. The van der Waals surface area contributed by atoms with E-state index in [2.05, 4.69) is 56.2 Å². The Labute approximate surface area is 192 Å². The number of hydrogen-bond acceptors (Lipinski definition) is 7. The number of fused-ring (bicyclic) bond motifs is 1. The highest BCUT2D eigenvalue weighted by Crippen LogP contribution is 2.38. The summed E-state index contributed by atoms with van der Waals surface area (Å²) in [5, 5.41) is 9.63. The minimum absolute atomic E-state index is 0.110. The van der Waals surface area contributed by atoms with E-state index >= 15 is 0 Å². The number of benzene rings is 2. The topological polar surface area (TPSA) is 87.8 Å². The maximum Gasteiger partial charge on any atom is 0.269 e. The highest BCUT2D eigenvalue weighted by atomic mass is 16.5. The minimum Gasteiger partial charge on any atom is -0.501 e. The first kappa shape index (κ1) is 20.7. The molecule has 0 spiro atoms. The molecule has 0 bridgehead atoms. The van der Waals surface area contributed by atoms with Crippen LogP contribution in [0.15, 0.2) is 73.1 Å². The van der Waals surface area contributed by atoms with Crippen LogP contribution in [0.2, 0.25) is 0 Å². The Morgan fingerprint density at radius 2 is 2.06 bits per heavy atom. The van der Waals surface area contributed by atoms with Crippen molar-refractivity contribution in [3.05, 3.63) is 84.4 Å². The summed E-state index contributed by atoms with van der Waals surface area (Å²) in [7, 11) is 3.61. The highest BCUT2D eigenvalue weighted by molar-refractivity contribution is 5.92. The fourth-order valence-corrected chi connectivity index (χ4v) is 3.97. The van der Waals surface area contributed by atoms with Gasteiger partial charge >= 0.3 is 0 Å². The van der Waals surface area contributed by atoms with Gasteiger partial charge in [0, 0.05) is 44.0 Å². The molecule has 2 atom stereocenters. The predicted octanol–water partition coefficient (Wildman–Crippen LogP) is 4.12. The zero-order valence-electron chi connectivity index (χ0n) is 18.4. The Balaban J connectivity index is 1.29. The van der Waals surface area contributed by atoms with E-state index in [1.807, 2.05) is 25.2 Å². The van der Waals surface area contributed by atoms with Crippen molar-refractivity contribution in [2.24, 2.45) is 0 Å². The molecule has 8 heteroatoms. The average molecular weight is 444 g/mol. The first-order chi connectivity index (χ1) is 16.1. The molecule has 1 aromatic heterocycles. The van der Waals surface area contributed by atoms with Crippen LogP contribution in [0, 0.1) is 0 Å². The van der Waals surface area contributed by atoms with Crippen LogP contribution in [-0.4, -0.2) is 37.9 Å². The third kappa shape index (κ3) is 4.27. The second kappa shape index (κ2) is 8.74. The fourth-order valence-electron chi connectivity index (χ4n) is 3.97. The molecule has 0 fully saturated rings. The normalized spacial score (nSPS) is 18.3. The molecule has 2 unspecified atom stereocenters. The van der Waals surface area contributed by atoms with Gasteiger partial charge in [-0.3, -0.25) is 9.78 Å². The summed E-state index contributed by atoms with van der Waals surface area (Å²) in [6.45, 7) is 0.682. The maximum atomic E-state index is 11.8. The smallest absolute Gasteiger partial charge is 0.269 e. The Bertz CT molecular complexity index is 1210. The van der Waals surface area contributed by atoms with E-state index in [9.17, 15) is 4.79 Å². The fraction of sp³-hybridized carbons (Fsp3) is 0.200. The van der Waals surface area contributed by atoms with Crippen LogP contribution >= 0.6 is 0 Å². The summed E-state index contributed by atoms with van der Waals surface area (Å²) >= 11 is 0. The molecule has 0 radical (unpaired) electrons. The highest BCUT2D eigenvalue weighted by Gasteiger charge is 2.26. The number of carbonyl (C=O) groups excluding carboxylic acids is 1. The molecule has 5 rings (SSSR count). The van der Waals surface area contributed by atoms with Crippen LogP contribution in [-0.2, 0) is 4.74 Å². The van der Waals surface area contributed by atoms with Crippen molar-refractivity contribution >= 4 is 23.0 Å². The van der Waals surface area contributed by atoms with E-state index in [0.29, 0.717) is 23.8 Å². The molecule has 0 aliphatic carbocycles. The largest absolute Gasteiger partial charge is 0.501 e. The SMILES string of the molecule is CNC(=O)c1cc(Oc2ccc3c(c2)NC(Nc2cccc(C4C=COC4)c2)N3C)ccn1. The number of hydrogen-bond donors (Lipinski definition) is 3. The minimum atomic E-state index is -0.257. The Hall–Kier alpha value is -4.20. The van der Waals surface area contributed by atoms with Gasteiger partial charge < -0.3 is 30.3 Å². The van der Waals surface area contributed by atoms with Crippen molar-refractivity contribution in [2.75, 3.05) is 36.2 Å². The standard InChI is InChI=1S/C25H25N5O3/c1-26-24(31)22-14-20(8-10-27-22)33-19-6-7-23-21(13-19)29-25(30(23)2)28-18-5-3-4-16(12-18)17-9-11-32-15-17/h3-14,17,25,28-29H,15H2,1-2H3,(H,26,31). The summed E-state index contributed by atoms with van der Waals surface area (Å²) in [5.74, 6) is 1.24. The lowest BCUT2D eigenvalue weighted by molar-refractivity contribution is 0.0958. The number of ether oxygens (including phenoxy) is 2. The summed E-state index contributed by atoms with van der Waals surface area (Å²) < 4.78 is 11.3. The molecule has 33 heavy (non-hydrogen) atoms. The van der Waals surface area contributed by atoms with E-state index in [-0.39, 0.29) is 18.1 Å².